The minimum absolute atomic E-state index is 0.143. The number of ether oxygens (including phenoxy) is 1. The fourth-order valence-corrected chi connectivity index (χ4v) is 3.79. The Morgan fingerprint density at radius 1 is 1.21 bits per heavy atom. The summed E-state index contributed by atoms with van der Waals surface area (Å²) in [5.74, 6) is -0.706. The zero-order chi connectivity index (χ0) is 20.3. The number of esters is 1. The first-order valence-corrected chi connectivity index (χ1v) is 9.85. The Hall–Kier alpha value is -3.00. The van der Waals surface area contributed by atoms with E-state index in [0.29, 0.717) is 45.1 Å². The Balaban J connectivity index is 1.82. The van der Waals surface area contributed by atoms with Crippen LogP contribution in [-0.2, 0) is 11.3 Å². The first-order chi connectivity index (χ1) is 13.5. The predicted octanol–water partition coefficient (Wildman–Crippen LogP) is 3.61. The molecule has 0 aliphatic carbocycles. The summed E-state index contributed by atoms with van der Waals surface area (Å²) in [5.41, 5.74) is 1.45. The van der Waals surface area contributed by atoms with Crippen molar-refractivity contribution >= 4 is 39.1 Å². The van der Waals surface area contributed by atoms with Gasteiger partial charge in [0, 0.05) is 12.2 Å². The molecule has 2 heterocycles. The van der Waals surface area contributed by atoms with Gasteiger partial charge in [-0.3, -0.25) is 14.2 Å². The number of aryl methyl sites for hydroxylation is 2. The Labute approximate surface area is 166 Å². The maximum atomic E-state index is 12.7. The molecule has 2 aromatic heterocycles. The highest BCUT2D eigenvalue weighted by Gasteiger charge is 2.19. The number of amides is 1. The van der Waals surface area contributed by atoms with Crippen molar-refractivity contribution < 1.29 is 14.3 Å². The molecule has 0 aliphatic rings. The molecule has 1 N–H and O–H groups in total. The van der Waals surface area contributed by atoms with Crippen molar-refractivity contribution in [2.75, 3.05) is 11.9 Å². The van der Waals surface area contributed by atoms with E-state index in [-0.39, 0.29) is 11.5 Å². The van der Waals surface area contributed by atoms with Crippen LogP contribution in [0.25, 0.3) is 10.2 Å². The SMILES string of the molecule is CCCOC(=O)c1ccc(NC(=O)c2sc3ncn(CC)c(=O)c3c2C)cc1. The van der Waals surface area contributed by atoms with E-state index in [1.54, 1.807) is 31.2 Å². The number of aromatic nitrogens is 2. The molecular weight excluding hydrogens is 378 g/mol. The molecule has 0 fully saturated rings. The Bertz CT molecular complexity index is 1080. The van der Waals surface area contributed by atoms with E-state index >= 15 is 0 Å². The number of carbonyl (C=O) groups is 2. The van der Waals surface area contributed by atoms with Gasteiger partial charge in [-0.05, 0) is 50.1 Å². The zero-order valence-corrected chi connectivity index (χ0v) is 16.8. The van der Waals surface area contributed by atoms with Crippen molar-refractivity contribution in [1.82, 2.24) is 9.55 Å². The molecule has 7 nitrogen and oxygen atoms in total. The second-order valence-corrected chi connectivity index (χ2v) is 7.24. The van der Waals surface area contributed by atoms with Crippen LogP contribution in [0, 0.1) is 6.92 Å². The van der Waals surface area contributed by atoms with E-state index in [4.69, 9.17) is 4.74 Å². The summed E-state index contributed by atoms with van der Waals surface area (Å²) >= 11 is 1.19. The van der Waals surface area contributed by atoms with Crippen LogP contribution in [0.5, 0.6) is 0 Å². The molecule has 28 heavy (non-hydrogen) atoms. The van der Waals surface area contributed by atoms with Crippen molar-refractivity contribution in [3.05, 3.63) is 57.0 Å². The fourth-order valence-electron chi connectivity index (χ4n) is 2.76. The molecule has 0 radical (unpaired) electrons. The van der Waals surface area contributed by atoms with Gasteiger partial charge in [-0.25, -0.2) is 9.78 Å². The van der Waals surface area contributed by atoms with Gasteiger partial charge >= 0.3 is 5.97 Å². The average Bonchev–Trinajstić information content (AvgIpc) is 3.04. The first-order valence-electron chi connectivity index (χ1n) is 9.03. The van der Waals surface area contributed by atoms with E-state index < -0.39 is 5.97 Å². The van der Waals surface area contributed by atoms with Crippen LogP contribution in [0.3, 0.4) is 0 Å². The first kappa shape index (κ1) is 19.8. The molecule has 0 bridgehead atoms. The third kappa shape index (κ3) is 3.82. The maximum Gasteiger partial charge on any atom is 0.338 e. The molecule has 0 spiro atoms. The number of nitrogens with zero attached hydrogens (tertiary/aromatic N) is 2. The van der Waals surface area contributed by atoms with Crippen LogP contribution >= 0.6 is 11.3 Å². The molecule has 0 atom stereocenters. The molecule has 8 heteroatoms. The Morgan fingerprint density at radius 2 is 1.93 bits per heavy atom. The van der Waals surface area contributed by atoms with Crippen LogP contribution in [0.2, 0.25) is 0 Å². The van der Waals surface area contributed by atoms with E-state index in [0.717, 1.165) is 6.42 Å². The molecular formula is C20H21N3O4S. The number of rotatable bonds is 6. The third-order valence-corrected chi connectivity index (χ3v) is 5.48. The molecule has 0 saturated carbocycles. The lowest BCUT2D eigenvalue weighted by atomic mass is 10.2. The summed E-state index contributed by atoms with van der Waals surface area (Å²) < 4.78 is 6.60. The van der Waals surface area contributed by atoms with Gasteiger partial charge in [-0.1, -0.05) is 6.92 Å². The maximum absolute atomic E-state index is 12.7. The molecule has 0 aliphatic heterocycles. The highest BCUT2D eigenvalue weighted by atomic mass is 32.1. The van der Waals surface area contributed by atoms with Crippen LogP contribution in [-0.4, -0.2) is 28.0 Å². The highest BCUT2D eigenvalue weighted by molar-refractivity contribution is 7.20. The lowest BCUT2D eigenvalue weighted by Crippen LogP contribution is -2.19. The lowest BCUT2D eigenvalue weighted by Gasteiger charge is -2.06. The van der Waals surface area contributed by atoms with Gasteiger partial charge < -0.3 is 10.1 Å². The van der Waals surface area contributed by atoms with Crippen molar-refractivity contribution in [2.45, 2.75) is 33.7 Å². The average molecular weight is 399 g/mol. The number of anilines is 1. The van der Waals surface area contributed by atoms with Crippen LogP contribution in [0.15, 0.2) is 35.4 Å². The lowest BCUT2D eigenvalue weighted by molar-refractivity contribution is 0.0505. The van der Waals surface area contributed by atoms with Gasteiger partial charge in [0.2, 0.25) is 0 Å². The fraction of sp³-hybridized carbons (Fsp3) is 0.300. The molecule has 1 amide bonds. The standard InChI is InChI=1S/C20H21N3O4S/c1-4-10-27-20(26)13-6-8-14(9-7-13)22-17(24)16-12(3)15-18(28-16)21-11-23(5-2)19(15)25/h6-9,11H,4-5,10H2,1-3H3,(H,22,24). The molecule has 0 unspecified atom stereocenters. The van der Waals surface area contributed by atoms with Crippen molar-refractivity contribution in [3.8, 4) is 0 Å². The van der Waals surface area contributed by atoms with E-state index in [9.17, 15) is 14.4 Å². The molecule has 0 saturated heterocycles. The van der Waals surface area contributed by atoms with Gasteiger partial charge in [-0.2, -0.15) is 0 Å². The number of carbonyl (C=O) groups excluding carboxylic acids is 2. The van der Waals surface area contributed by atoms with Gasteiger partial charge in [0.05, 0.1) is 28.8 Å². The van der Waals surface area contributed by atoms with Crippen LogP contribution < -0.4 is 10.9 Å². The topological polar surface area (TPSA) is 90.3 Å². The zero-order valence-electron chi connectivity index (χ0n) is 15.9. The highest BCUT2D eigenvalue weighted by Crippen LogP contribution is 2.27. The second kappa shape index (κ2) is 8.35. The number of benzene rings is 1. The van der Waals surface area contributed by atoms with Crippen molar-refractivity contribution in [3.63, 3.8) is 0 Å². The summed E-state index contributed by atoms with van der Waals surface area (Å²) in [6, 6.07) is 6.50. The van der Waals surface area contributed by atoms with Gasteiger partial charge in [0.1, 0.15) is 4.83 Å². The van der Waals surface area contributed by atoms with Crippen LogP contribution in [0.1, 0.15) is 45.9 Å². The monoisotopic (exact) mass is 399 g/mol. The second-order valence-electron chi connectivity index (χ2n) is 6.24. The predicted molar refractivity (Wildman–Crippen MR) is 109 cm³/mol. The quantitative estimate of drug-likeness (QED) is 0.640. The number of nitrogens with one attached hydrogen (secondary N) is 1. The van der Waals surface area contributed by atoms with E-state index in [1.165, 1.54) is 22.2 Å². The molecule has 3 aromatic rings. The number of fused-ring (bicyclic) bond motifs is 1. The summed E-state index contributed by atoms with van der Waals surface area (Å²) in [6.45, 7) is 6.44. The minimum atomic E-state index is -0.390. The smallest absolute Gasteiger partial charge is 0.338 e. The van der Waals surface area contributed by atoms with Crippen molar-refractivity contribution in [1.29, 1.82) is 0 Å². The van der Waals surface area contributed by atoms with Gasteiger partial charge in [0.15, 0.2) is 0 Å². The normalized spacial score (nSPS) is 10.8. The Morgan fingerprint density at radius 3 is 2.57 bits per heavy atom. The summed E-state index contributed by atoms with van der Waals surface area (Å²) in [7, 11) is 0. The summed E-state index contributed by atoms with van der Waals surface area (Å²) in [5, 5.41) is 3.28. The minimum Gasteiger partial charge on any atom is -0.462 e. The Kier molecular flexibility index (Phi) is 5.89. The summed E-state index contributed by atoms with van der Waals surface area (Å²) in [6.07, 6.45) is 2.26. The van der Waals surface area contributed by atoms with Crippen molar-refractivity contribution in [2.24, 2.45) is 0 Å². The summed E-state index contributed by atoms with van der Waals surface area (Å²) in [4.78, 5) is 42.3. The number of hydrogen-bond donors (Lipinski definition) is 1. The largest absolute Gasteiger partial charge is 0.462 e. The van der Waals surface area contributed by atoms with Gasteiger partial charge in [-0.15, -0.1) is 11.3 Å². The molecule has 1 aromatic carbocycles. The van der Waals surface area contributed by atoms with Crippen LogP contribution in [0.4, 0.5) is 5.69 Å². The van der Waals surface area contributed by atoms with E-state index in [2.05, 4.69) is 10.3 Å². The number of thiophene rings is 1. The molecule has 146 valence electrons. The number of hydrogen-bond acceptors (Lipinski definition) is 6. The van der Waals surface area contributed by atoms with E-state index in [1.807, 2.05) is 13.8 Å². The molecule has 3 rings (SSSR count). The third-order valence-electron chi connectivity index (χ3n) is 4.28. The van der Waals surface area contributed by atoms with Gasteiger partial charge in [0.25, 0.3) is 11.5 Å².